The number of carboxylic acid groups (broad SMARTS) is 1. The van der Waals surface area contributed by atoms with Gasteiger partial charge < -0.3 is 25.4 Å². The zero-order chi connectivity index (χ0) is 22.9. The van der Waals surface area contributed by atoms with Gasteiger partial charge in [0.2, 0.25) is 0 Å². The van der Waals surface area contributed by atoms with Gasteiger partial charge in [-0.15, -0.1) is 0 Å². The number of rotatable bonds is 11. The molecule has 0 heterocycles. The number of nitrogens with two attached hydrogens (primary N) is 1. The lowest BCUT2D eigenvalue weighted by atomic mass is 10.1. The molecular formula is C25H25NO6. The summed E-state index contributed by atoms with van der Waals surface area (Å²) in [7, 11) is 0. The molecule has 0 saturated carbocycles. The number of ether oxygens (including phenoxy) is 2. The van der Waals surface area contributed by atoms with Crippen LogP contribution in [-0.4, -0.2) is 28.7 Å². The molecule has 0 radical (unpaired) electrons. The summed E-state index contributed by atoms with van der Waals surface area (Å²) in [6, 6.07) is 22.2. The Bertz CT molecular complexity index is 1070. The number of aliphatic hydroxyl groups is 1. The average Bonchev–Trinajstić information content (AvgIpc) is 2.79. The highest BCUT2D eigenvalue weighted by Crippen LogP contribution is 2.33. The maximum Gasteiger partial charge on any atom is 0.303 e. The number of aliphatic hydroxyl groups excluding tert-OH is 1. The first-order valence-corrected chi connectivity index (χ1v) is 10.2. The summed E-state index contributed by atoms with van der Waals surface area (Å²) in [5, 5.41) is 18.9. The SMILES string of the molecule is NC(=O)C(O)c1ccc(Oc2cccc(-c3ccccc3)c2)cc1OCCCCC(=O)O. The van der Waals surface area contributed by atoms with Crippen LogP contribution in [0.15, 0.2) is 72.8 Å². The quantitative estimate of drug-likeness (QED) is 0.387. The molecule has 3 aromatic carbocycles. The van der Waals surface area contributed by atoms with Crippen LogP contribution in [-0.2, 0) is 9.59 Å². The third-order valence-corrected chi connectivity index (χ3v) is 4.77. The number of unbranched alkanes of at least 4 members (excludes halogenated alkanes) is 1. The molecule has 0 aliphatic rings. The maximum atomic E-state index is 11.5. The highest BCUT2D eigenvalue weighted by atomic mass is 16.5. The maximum absolute atomic E-state index is 11.5. The van der Waals surface area contributed by atoms with Gasteiger partial charge in [-0.05, 0) is 48.2 Å². The van der Waals surface area contributed by atoms with Crippen molar-refractivity contribution in [1.82, 2.24) is 0 Å². The zero-order valence-electron chi connectivity index (χ0n) is 17.4. The molecule has 0 saturated heterocycles. The van der Waals surface area contributed by atoms with E-state index in [9.17, 15) is 14.7 Å². The number of carbonyl (C=O) groups excluding carboxylic acids is 1. The van der Waals surface area contributed by atoms with E-state index in [4.69, 9.17) is 20.3 Å². The molecule has 3 aromatic rings. The molecule has 7 heteroatoms. The third kappa shape index (κ3) is 6.33. The second-order valence-electron chi connectivity index (χ2n) is 7.20. The van der Waals surface area contributed by atoms with Gasteiger partial charge in [0.15, 0.2) is 6.10 Å². The Morgan fingerprint density at radius 1 is 0.875 bits per heavy atom. The summed E-state index contributed by atoms with van der Waals surface area (Å²) in [6.45, 7) is 0.221. The lowest BCUT2D eigenvalue weighted by Gasteiger charge is -2.16. The van der Waals surface area contributed by atoms with E-state index in [-0.39, 0.29) is 24.3 Å². The predicted molar refractivity (Wildman–Crippen MR) is 120 cm³/mol. The third-order valence-electron chi connectivity index (χ3n) is 4.77. The van der Waals surface area contributed by atoms with E-state index in [0.29, 0.717) is 24.3 Å². The summed E-state index contributed by atoms with van der Waals surface area (Å²) in [5.74, 6) is -0.450. The fourth-order valence-corrected chi connectivity index (χ4v) is 3.15. The number of amides is 1. The summed E-state index contributed by atoms with van der Waals surface area (Å²) in [4.78, 5) is 22.1. The predicted octanol–water partition coefficient (Wildman–Crippen LogP) is 4.30. The van der Waals surface area contributed by atoms with E-state index in [0.717, 1.165) is 11.1 Å². The zero-order valence-corrected chi connectivity index (χ0v) is 17.4. The molecule has 0 aliphatic carbocycles. The van der Waals surface area contributed by atoms with Crippen LogP contribution in [0.3, 0.4) is 0 Å². The van der Waals surface area contributed by atoms with Gasteiger partial charge in [0.1, 0.15) is 17.2 Å². The molecule has 0 aliphatic heterocycles. The van der Waals surface area contributed by atoms with Crippen molar-refractivity contribution in [3.05, 3.63) is 78.4 Å². The van der Waals surface area contributed by atoms with Crippen LogP contribution >= 0.6 is 0 Å². The van der Waals surface area contributed by atoms with Crippen molar-refractivity contribution in [3.8, 4) is 28.4 Å². The van der Waals surface area contributed by atoms with Crippen molar-refractivity contribution >= 4 is 11.9 Å². The van der Waals surface area contributed by atoms with Crippen LogP contribution in [0.4, 0.5) is 0 Å². The van der Waals surface area contributed by atoms with Crippen LogP contribution in [0.25, 0.3) is 11.1 Å². The minimum atomic E-state index is -1.53. The molecule has 0 aromatic heterocycles. The van der Waals surface area contributed by atoms with Crippen molar-refractivity contribution in [2.24, 2.45) is 5.73 Å². The Hall–Kier alpha value is -3.84. The number of carboxylic acids is 1. The molecule has 0 spiro atoms. The molecular weight excluding hydrogens is 410 g/mol. The highest BCUT2D eigenvalue weighted by Gasteiger charge is 2.20. The number of carbonyl (C=O) groups is 2. The molecule has 3 rings (SSSR count). The number of benzene rings is 3. The molecule has 1 unspecified atom stereocenters. The minimum absolute atomic E-state index is 0.0427. The fourth-order valence-electron chi connectivity index (χ4n) is 3.15. The van der Waals surface area contributed by atoms with Crippen molar-refractivity contribution in [2.45, 2.75) is 25.4 Å². The van der Waals surface area contributed by atoms with E-state index in [1.54, 1.807) is 12.1 Å². The summed E-state index contributed by atoms with van der Waals surface area (Å²) < 4.78 is 11.7. The van der Waals surface area contributed by atoms with Crippen LogP contribution in [0.5, 0.6) is 17.2 Å². The van der Waals surface area contributed by atoms with E-state index in [1.165, 1.54) is 6.07 Å². The van der Waals surface area contributed by atoms with E-state index >= 15 is 0 Å². The Kier molecular flexibility index (Phi) is 7.83. The molecule has 1 amide bonds. The van der Waals surface area contributed by atoms with Gasteiger partial charge in [-0.1, -0.05) is 42.5 Å². The first kappa shape index (κ1) is 22.8. The van der Waals surface area contributed by atoms with Gasteiger partial charge in [-0.2, -0.15) is 0 Å². The average molecular weight is 435 g/mol. The molecule has 0 fully saturated rings. The molecule has 32 heavy (non-hydrogen) atoms. The second kappa shape index (κ2) is 11.0. The van der Waals surface area contributed by atoms with E-state index in [1.807, 2.05) is 54.6 Å². The Morgan fingerprint density at radius 2 is 1.59 bits per heavy atom. The Morgan fingerprint density at radius 3 is 2.31 bits per heavy atom. The van der Waals surface area contributed by atoms with Crippen molar-refractivity contribution in [2.75, 3.05) is 6.61 Å². The fraction of sp³-hybridized carbons (Fsp3) is 0.200. The van der Waals surface area contributed by atoms with Gasteiger partial charge >= 0.3 is 5.97 Å². The van der Waals surface area contributed by atoms with Crippen molar-refractivity contribution < 1.29 is 29.3 Å². The number of aliphatic carboxylic acids is 1. The lowest BCUT2D eigenvalue weighted by Crippen LogP contribution is -2.21. The molecule has 0 bridgehead atoms. The normalized spacial score (nSPS) is 11.5. The standard InChI is InChI=1S/C25H25NO6/c26-25(30)24(29)21-13-12-20(16-22(21)31-14-5-4-11-23(27)28)32-19-10-6-9-18(15-19)17-7-2-1-3-8-17/h1-3,6-10,12-13,15-16,24,29H,4-5,11,14H2,(H2,26,30)(H,27,28). The monoisotopic (exact) mass is 435 g/mol. The number of hydrogen-bond donors (Lipinski definition) is 3. The molecule has 4 N–H and O–H groups in total. The van der Waals surface area contributed by atoms with Crippen LogP contribution in [0, 0.1) is 0 Å². The second-order valence-corrected chi connectivity index (χ2v) is 7.20. The van der Waals surface area contributed by atoms with Crippen molar-refractivity contribution in [1.29, 1.82) is 0 Å². The van der Waals surface area contributed by atoms with Crippen molar-refractivity contribution in [3.63, 3.8) is 0 Å². The van der Waals surface area contributed by atoms with Gasteiger partial charge in [0, 0.05) is 18.1 Å². The summed E-state index contributed by atoms with van der Waals surface area (Å²) in [5.41, 5.74) is 7.52. The molecule has 1 atom stereocenters. The highest BCUT2D eigenvalue weighted by molar-refractivity contribution is 5.81. The number of primary amides is 1. The molecule has 7 nitrogen and oxygen atoms in total. The van der Waals surface area contributed by atoms with Gasteiger partial charge in [-0.25, -0.2) is 0 Å². The number of hydrogen-bond acceptors (Lipinski definition) is 5. The van der Waals surface area contributed by atoms with E-state index < -0.39 is 18.0 Å². The topological polar surface area (TPSA) is 119 Å². The van der Waals surface area contributed by atoms with Crippen LogP contribution in [0.2, 0.25) is 0 Å². The largest absolute Gasteiger partial charge is 0.493 e. The smallest absolute Gasteiger partial charge is 0.303 e. The van der Waals surface area contributed by atoms with Gasteiger partial charge in [-0.3, -0.25) is 9.59 Å². The van der Waals surface area contributed by atoms with E-state index in [2.05, 4.69) is 0 Å². The van der Waals surface area contributed by atoms with Gasteiger partial charge in [0.05, 0.1) is 6.61 Å². The Balaban J connectivity index is 1.78. The summed E-state index contributed by atoms with van der Waals surface area (Å²) in [6.07, 6.45) is -0.533. The van der Waals surface area contributed by atoms with Crippen LogP contribution < -0.4 is 15.2 Å². The first-order chi connectivity index (χ1) is 15.4. The molecule has 166 valence electrons. The summed E-state index contributed by atoms with van der Waals surface area (Å²) >= 11 is 0. The van der Waals surface area contributed by atoms with Crippen LogP contribution in [0.1, 0.15) is 30.9 Å². The Labute approximate surface area is 186 Å². The minimum Gasteiger partial charge on any atom is -0.493 e. The van der Waals surface area contributed by atoms with Gasteiger partial charge in [0.25, 0.3) is 5.91 Å². The lowest BCUT2D eigenvalue weighted by molar-refractivity contribution is -0.137. The first-order valence-electron chi connectivity index (χ1n) is 10.2.